The number of hydrogen-bond donors (Lipinski definition) is 2. The Bertz CT molecular complexity index is 498. The first-order valence-corrected chi connectivity index (χ1v) is 10.9. The van der Waals surface area contributed by atoms with E-state index >= 15 is 0 Å². The Hall–Kier alpha value is -1.61. The van der Waals surface area contributed by atoms with Gasteiger partial charge in [0.25, 0.3) is 0 Å². The molecule has 0 fully saturated rings. The highest BCUT2D eigenvalue weighted by molar-refractivity contribution is 5.90. The largest absolute Gasteiger partial charge is 0.393 e. The van der Waals surface area contributed by atoms with Gasteiger partial charge in [0.1, 0.15) is 0 Å². The van der Waals surface area contributed by atoms with Crippen molar-refractivity contribution in [2.24, 2.45) is 0 Å². The van der Waals surface area contributed by atoms with Gasteiger partial charge in [-0.15, -0.1) is 0 Å². The molecule has 3 heteroatoms. The zero-order valence-corrected chi connectivity index (χ0v) is 17.2. The molecule has 27 heavy (non-hydrogen) atoms. The molecular weight excluding hydrogens is 334 g/mol. The molecule has 0 aliphatic heterocycles. The van der Waals surface area contributed by atoms with Crippen molar-refractivity contribution >= 4 is 11.6 Å². The highest BCUT2D eigenvalue weighted by Gasteiger charge is 2.08. The van der Waals surface area contributed by atoms with Crippen LogP contribution >= 0.6 is 0 Å². The van der Waals surface area contributed by atoms with Crippen molar-refractivity contribution in [1.29, 1.82) is 0 Å². The Kier molecular flexibility index (Phi) is 14.4. The molecule has 0 spiro atoms. The number of aliphatic hydroxyl groups excluding tert-OH is 1. The summed E-state index contributed by atoms with van der Waals surface area (Å²) in [6, 6.07) is 9.45. The van der Waals surface area contributed by atoms with Crippen LogP contribution in [0.2, 0.25) is 0 Å². The van der Waals surface area contributed by atoms with Gasteiger partial charge in [0.05, 0.1) is 6.10 Å². The van der Waals surface area contributed by atoms with Crippen molar-refractivity contribution in [2.45, 2.75) is 96.5 Å². The molecule has 1 unspecified atom stereocenters. The molecule has 3 nitrogen and oxygen atoms in total. The first-order chi connectivity index (χ1) is 13.2. The lowest BCUT2D eigenvalue weighted by Gasteiger charge is -2.10. The van der Waals surface area contributed by atoms with Crippen LogP contribution in [-0.2, 0) is 4.79 Å². The van der Waals surface area contributed by atoms with Crippen LogP contribution in [0.5, 0.6) is 0 Å². The van der Waals surface area contributed by atoms with Crippen LogP contribution in [0.1, 0.15) is 90.4 Å². The van der Waals surface area contributed by atoms with E-state index in [2.05, 4.69) is 24.4 Å². The molecular formula is C24H39NO2. The third kappa shape index (κ3) is 14.2. The summed E-state index contributed by atoms with van der Waals surface area (Å²) in [6.45, 7) is 2.25. The summed E-state index contributed by atoms with van der Waals surface area (Å²) >= 11 is 0. The fraction of sp³-hybridized carbons (Fsp3) is 0.625. The lowest BCUT2D eigenvalue weighted by Crippen LogP contribution is -2.15. The molecule has 1 atom stereocenters. The lowest BCUT2D eigenvalue weighted by atomic mass is 10.1. The third-order valence-electron chi connectivity index (χ3n) is 4.81. The van der Waals surface area contributed by atoms with Gasteiger partial charge in [-0.2, -0.15) is 0 Å². The molecule has 0 radical (unpaired) electrons. The lowest BCUT2D eigenvalue weighted by molar-refractivity contribution is -0.116. The maximum absolute atomic E-state index is 11.9. The number of amides is 1. The minimum Gasteiger partial charge on any atom is -0.393 e. The molecule has 0 aliphatic carbocycles. The van der Waals surface area contributed by atoms with Gasteiger partial charge in [0, 0.05) is 12.1 Å². The number of nitrogens with one attached hydrogen (secondary N) is 1. The standard InChI is InChI=1S/C24H39NO2/c1-2-3-4-5-6-7-8-9-10-11-12-16-19-23(26)20-21-24(27)25-22-17-14-13-15-18-22/h9-10,13-15,17-18,23,26H,2-8,11-12,16,19-21H2,1H3,(H,25,27). The fourth-order valence-corrected chi connectivity index (χ4v) is 3.11. The van der Waals surface area contributed by atoms with Crippen molar-refractivity contribution in [1.82, 2.24) is 0 Å². The van der Waals surface area contributed by atoms with Gasteiger partial charge in [-0.1, -0.05) is 75.8 Å². The molecule has 0 aliphatic rings. The summed E-state index contributed by atoms with van der Waals surface area (Å²) in [5, 5.41) is 12.9. The summed E-state index contributed by atoms with van der Waals surface area (Å²) in [7, 11) is 0. The molecule has 1 amide bonds. The number of anilines is 1. The number of aliphatic hydroxyl groups is 1. The van der Waals surface area contributed by atoms with Gasteiger partial charge in [-0.25, -0.2) is 0 Å². The predicted molar refractivity (Wildman–Crippen MR) is 116 cm³/mol. The average molecular weight is 374 g/mol. The number of hydrogen-bond acceptors (Lipinski definition) is 2. The molecule has 152 valence electrons. The van der Waals surface area contributed by atoms with Crippen molar-refractivity contribution in [2.75, 3.05) is 5.32 Å². The second-order valence-electron chi connectivity index (χ2n) is 7.42. The van der Waals surface area contributed by atoms with E-state index in [1.807, 2.05) is 30.3 Å². The van der Waals surface area contributed by atoms with Crippen LogP contribution in [0, 0.1) is 0 Å². The third-order valence-corrected chi connectivity index (χ3v) is 4.81. The molecule has 1 aromatic rings. The zero-order chi connectivity index (χ0) is 19.6. The Morgan fingerprint density at radius 2 is 1.56 bits per heavy atom. The van der Waals surface area contributed by atoms with Crippen molar-refractivity contribution < 1.29 is 9.90 Å². The van der Waals surface area contributed by atoms with Crippen LogP contribution in [0.3, 0.4) is 0 Å². The SMILES string of the molecule is CCCCCCCCC=CCCCCC(O)CCC(=O)Nc1ccccc1. The van der Waals surface area contributed by atoms with E-state index in [0.717, 1.165) is 31.4 Å². The number of allylic oxidation sites excluding steroid dienone is 2. The van der Waals surface area contributed by atoms with E-state index in [4.69, 9.17) is 0 Å². The van der Waals surface area contributed by atoms with Crippen LogP contribution in [0.4, 0.5) is 5.69 Å². The summed E-state index contributed by atoms with van der Waals surface area (Å²) in [5.74, 6) is -0.0297. The van der Waals surface area contributed by atoms with Crippen LogP contribution in [0.15, 0.2) is 42.5 Å². The number of para-hydroxylation sites is 1. The Morgan fingerprint density at radius 3 is 2.26 bits per heavy atom. The number of rotatable bonds is 16. The van der Waals surface area contributed by atoms with Gasteiger partial charge in [-0.3, -0.25) is 4.79 Å². The number of benzene rings is 1. The van der Waals surface area contributed by atoms with Gasteiger partial charge >= 0.3 is 0 Å². The van der Waals surface area contributed by atoms with Crippen LogP contribution in [0.25, 0.3) is 0 Å². The fourth-order valence-electron chi connectivity index (χ4n) is 3.11. The van der Waals surface area contributed by atoms with Crippen LogP contribution < -0.4 is 5.32 Å². The van der Waals surface area contributed by atoms with Crippen molar-refractivity contribution in [3.05, 3.63) is 42.5 Å². The number of unbranched alkanes of at least 4 members (excludes halogenated alkanes) is 8. The summed E-state index contributed by atoms with van der Waals surface area (Å²) in [4.78, 5) is 11.9. The molecule has 0 saturated heterocycles. The average Bonchev–Trinajstić information content (AvgIpc) is 2.68. The van der Waals surface area contributed by atoms with Crippen molar-refractivity contribution in [3.63, 3.8) is 0 Å². The predicted octanol–water partition coefficient (Wildman–Crippen LogP) is 6.63. The molecule has 0 heterocycles. The topological polar surface area (TPSA) is 49.3 Å². The maximum Gasteiger partial charge on any atom is 0.224 e. The maximum atomic E-state index is 11.9. The van der Waals surface area contributed by atoms with E-state index in [0.29, 0.717) is 12.8 Å². The molecule has 1 rings (SSSR count). The zero-order valence-electron chi connectivity index (χ0n) is 17.2. The van der Waals surface area contributed by atoms with Crippen molar-refractivity contribution in [3.8, 4) is 0 Å². The van der Waals surface area contributed by atoms with E-state index in [-0.39, 0.29) is 12.0 Å². The second kappa shape index (κ2) is 16.6. The van der Waals surface area contributed by atoms with Crippen LogP contribution in [-0.4, -0.2) is 17.1 Å². The number of carbonyl (C=O) groups is 1. The molecule has 0 bridgehead atoms. The summed E-state index contributed by atoms with van der Waals surface area (Å²) < 4.78 is 0. The molecule has 2 N–H and O–H groups in total. The number of carbonyl (C=O) groups excluding carboxylic acids is 1. The smallest absolute Gasteiger partial charge is 0.224 e. The first-order valence-electron chi connectivity index (χ1n) is 10.9. The monoisotopic (exact) mass is 373 g/mol. The molecule has 1 aromatic carbocycles. The highest BCUT2D eigenvalue weighted by Crippen LogP contribution is 2.12. The normalized spacial score (nSPS) is 12.4. The van der Waals surface area contributed by atoms with E-state index in [1.165, 1.54) is 44.9 Å². The minimum absolute atomic E-state index is 0.0297. The van der Waals surface area contributed by atoms with Gasteiger partial charge in [0.15, 0.2) is 0 Å². The van der Waals surface area contributed by atoms with Gasteiger partial charge < -0.3 is 10.4 Å². The Morgan fingerprint density at radius 1 is 0.926 bits per heavy atom. The molecule has 0 aromatic heterocycles. The first kappa shape index (κ1) is 23.4. The van der Waals surface area contributed by atoms with E-state index in [9.17, 15) is 9.90 Å². The van der Waals surface area contributed by atoms with Gasteiger partial charge in [-0.05, 0) is 50.7 Å². The Labute approximate surface area is 166 Å². The Balaban J connectivity index is 1.92. The quantitative estimate of drug-likeness (QED) is 0.252. The van der Waals surface area contributed by atoms with E-state index in [1.54, 1.807) is 0 Å². The summed E-state index contributed by atoms with van der Waals surface area (Å²) in [6.07, 6.45) is 18.4. The molecule has 0 saturated carbocycles. The van der Waals surface area contributed by atoms with E-state index < -0.39 is 0 Å². The summed E-state index contributed by atoms with van der Waals surface area (Å²) in [5.41, 5.74) is 0.810. The minimum atomic E-state index is -0.376. The van der Waals surface area contributed by atoms with Gasteiger partial charge in [0.2, 0.25) is 5.91 Å². The highest BCUT2D eigenvalue weighted by atomic mass is 16.3. The second-order valence-corrected chi connectivity index (χ2v) is 7.42.